The maximum absolute atomic E-state index is 12.5. The van der Waals surface area contributed by atoms with E-state index in [2.05, 4.69) is 15.5 Å². The number of fused-ring (bicyclic) bond motifs is 2. The molecular formula is C21H23N5O3. The van der Waals surface area contributed by atoms with Gasteiger partial charge in [0.1, 0.15) is 5.82 Å². The number of nitrogens with zero attached hydrogens (tertiary/aromatic N) is 4. The van der Waals surface area contributed by atoms with E-state index in [1.807, 2.05) is 29.1 Å². The molecule has 1 aliphatic carbocycles. The van der Waals surface area contributed by atoms with Crippen LogP contribution in [0.25, 0.3) is 0 Å². The number of benzene rings is 1. The van der Waals surface area contributed by atoms with E-state index < -0.39 is 0 Å². The predicted octanol–water partition coefficient (Wildman–Crippen LogP) is 2.76. The molecule has 5 rings (SSSR count). The number of anilines is 1. The zero-order chi connectivity index (χ0) is 19.6. The van der Waals surface area contributed by atoms with Gasteiger partial charge >= 0.3 is 0 Å². The quantitative estimate of drug-likeness (QED) is 0.696. The number of nitrogens with one attached hydrogen (secondary N) is 1. The lowest BCUT2D eigenvalue weighted by atomic mass is 9.98. The van der Waals surface area contributed by atoms with Crippen LogP contribution in [0, 0.1) is 0 Å². The van der Waals surface area contributed by atoms with Crippen LogP contribution in [0.4, 0.5) is 5.82 Å². The Balaban J connectivity index is 1.21. The van der Waals surface area contributed by atoms with Gasteiger partial charge in [0.05, 0.1) is 18.9 Å². The first-order chi connectivity index (χ1) is 14.3. The average Bonchev–Trinajstić information content (AvgIpc) is 3.46. The second kappa shape index (κ2) is 7.62. The van der Waals surface area contributed by atoms with Gasteiger partial charge in [0.15, 0.2) is 11.5 Å². The first-order valence-electron chi connectivity index (χ1n) is 10.00. The summed E-state index contributed by atoms with van der Waals surface area (Å²) in [4.78, 5) is 12.5. The number of hydrogen-bond donors (Lipinski definition) is 1. The molecule has 8 nitrogen and oxygen atoms in total. The number of ether oxygens (including phenoxy) is 2. The topological polar surface area (TPSA) is 83.2 Å². The molecule has 2 aliphatic rings. The van der Waals surface area contributed by atoms with Crippen molar-refractivity contribution < 1.29 is 14.3 Å². The van der Waals surface area contributed by atoms with Crippen molar-refractivity contribution in [3.8, 4) is 11.5 Å². The lowest BCUT2D eigenvalue weighted by molar-refractivity contribution is -0.116. The van der Waals surface area contributed by atoms with Gasteiger partial charge in [-0.25, -0.2) is 4.68 Å². The average molecular weight is 393 g/mol. The minimum absolute atomic E-state index is 0.0440. The molecule has 0 spiro atoms. The Morgan fingerprint density at radius 2 is 1.97 bits per heavy atom. The van der Waals surface area contributed by atoms with E-state index in [1.54, 1.807) is 16.9 Å². The van der Waals surface area contributed by atoms with Crippen molar-refractivity contribution in [3.05, 3.63) is 53.5 Å². The molecule has 1 aromatic carbocycles. The summed E-state index contributed by atoms with van der Waals surface area (Å²) in [5, 5.41) is 11.8. The summed E-state index contributed by atoms with van der Waals surface area (Å²) in [6.45, 7) is 1.38. The van der Waals surface area contributed by atoms with Crippen LogP contribution in [-0.4, -0.2) is 32.3 Å². The number of aromatic nitrogens is 4. The SMILES string of the molecule is O=C(CCn1ncc2c1CCCC2)Nc1ccnn1Cc1ccc2c(c1)OCO2. The Kier molecular flexibility index (Phi) is 4.67. The molecule has 0 atom stereocenters. The Morgan fingerprint density at radius 1 is 1.07 bits per heavy atom. The number of rotatable bonds is 6. The third-order valence-corrected chi connectivity index (χ3v) is 5.45. The molecule has 0 saturated heterocycles. The van der Waals surface area contributed by atoms with E-state index >= 15 is 0 Å². The number of aryl methyl sites for hydroxylation is 2. The summed E-state index contributed by atoms with van der Waals surface area (Å²) < 4.78 is 14.5. The summed E-state index contributed by atoms with van der Waals surface area (Å²) in [7, 11) is 0. The van der Waals surface area contributed by atoms with E-state index in [1.165, 1.54) is 24.1 Å². The largest absolute Gasteiger partial charge is 0.454 e. The molecule has 0 saturated carbocycles. The Bertz CT molecular complexity index is 1040. The van der Waals surface area contributed by atoms with E-state index in [0.717, 1.165) is 29.9 Å². The van der Waals surface area contributed by atoms with Crippen molar-refractivity contribution in [3.63, 3.8) is 0 Å². The van der Waals surface area contributed by atoms with Crippen LogP contribution >= 0.6 is 0 Å². The smallest absolute Gasteiger partial charge is 0.231 e. The standard InChI is InChI=1S/C21H23N5O3/c27-21(8-10-25-17-4-2-1-3-16(17)12-23-25)24-20-7-9-22-26(20)13-15-5-6-18-19(11-15)29-14-28-18/h5-7,9,11-12H,1-4,8,10,13-14H2,(H,24,27). The van der Waals surface area contributed by atoms with Gasteiger partial charge in [-0.15, -0.1) is 0 Å². The molecule has 150 valence electrons. The summed E-state index contributed by atoms with van der Waals surface area (Å²) in [5.74, 6) is 2.12. The Labute approximate surface area is 168 Å². The Morgan fingerprint density at radius 3 is 2.93 bits per heavy atom. The minimum Gasteiger partial charge on any atom is -0.454 e. The highest BCUT2D eigenvalue weighted by atomic mass is 16.7. The summed E-state index contributed by atoms with van der Waals surface area (Å²) in [6.07, 6.45) is 8.60. The molecule has 0 unspecified atom stereocenters. The van der Waals surface area contributed by atoms with Crippen molar-refractivity contribution in [2.24, 2.45) is 0 Å². The van der Waals surface area contributed by atoms with Crippen molar-refractivity contribution in [1.82, 2.24) is 19.6 Å². The molecule has 0 bridgehead atoms. The van der Waals surface area contributed by atoms with Gasteiger partial charge in [-0.3, -0.25) is 9.48 Å². The van der Waals surface area contributed by atoms with Crippen LogP contribution < -0.4 is 14.8 Å². The number of carbonyl (C=O) groups excluding carboxylic acids is 1. The van der Waals surface area contributed by atoms with Crippen molar-refractivity contribution in [1.29, 1.82) is 0 Å². The normalized spacial score (nSPS) is 14.6. The molecule has 0 fully saturated rings. The minimum atomic E-state index is -0.0440. The van der Waals surface area contributed by atoms with Crippen LogP contribution in [0.15, 0.2) is 36.7 Å². The maximum atomic E-state index is 12.5. The van der Waals surface area contributed by atoms with Crippen molar-refractivity contribution in [2.45, 2.75) is 45.2 Å². The van der Waals surface area contributed by atoms with Gasteiger partial charge < -0.3 is 14.8 Å². The highest BCUT2D eigenvalue weighted by Gasteiger charge is 2.17. The molecule has 2 aromatic heterocycles. The van der Waals surface area contributed by atoms with Gasteiger partial charge in [-0.2, -0.15) is 10.2 Å². The lowest BCUT2D eigenvalue weighted by Crippen LogP contribution is -2.19. The fraction of sp³-hybridized carbons (Fsp3) is 0.381. The fourth-order valence-corrected chi connectivity index (χ4v) is 3.94. The zero-order valence-corrected chi connectivity index (χ0v) is 16.1. The molecule has 0 radical (unpaired) electrons. The molecule has 1 aliphatic heterocycles. The fourth-order valence-electron chi connectivity index (χ4n) is 3.94. The second-order valence-electron chi connectivity index (χ2n) is 7.41. The lowest BCUT2D eigenvalue weighted by Gasteiger charge is -2.14. The summed E-state index contributed by atoms with van der Waals surface area (Å²) in [6, 6.07) is 7.61. The van der Waals surface area contributed by atoms with E-state index in [9.17, 15) is 4.79 Å². The van der Waals surface area contributed by atoms with Gasteiger partial charge in [0, 0.05) is 24.7 Å². The highest BCUT2D eigenvalue weighted by molar-refractivity contribution is 5.89. The van der Waals surface area contributed by atoms with Crippen LogP contribution in [0.1, 0.15) is 36.1 Å². The van der Waals surface area contributed by atoms with E-state index in [0.29, 0.717) is 25.3 Å². The van der Waals surface area contributed by atoms with Crippen molar-refractivity contribution in [2.75, 3.05) is 12.1 Å². The number of carbonyl (C=O) groups is 1. The van der Waals surface area contributed by atoms with Gasteiger partial charge in [0.25, 0.3) is 0 Å². The van der Waals surface area contributed by atoms with Gasteiger partial charge in [0.2, 0.25) is 12.7 Å². The van der Waals surface area contributed by atoms with Crippen LogP contribution in [0.3, 0.4) is 0 Å². The van der Waals surface area contributed by atoms with Crippen molar-refractivity contribution >= 4 is 11.7 Å². The molecule has 29 heavy (non-hydrogen) atoms. The molecule has 1 amide bonds. The summed E-state index contributed by atoms with van der Waals surface area (Å²) in [5.41, 5.74) is 3.65. The van der Waals surface area contributed by atoms with Gasteiger partial charge in [-0.1, -0.05) is 6.07 Å². The zero-order valence-electron chi connectivity index (χ0n) is 16.1. The number of hydrogen-bond acceptors (Lipinski definition) is 5. The molecule has 3 heterocycles. The first kappa shape index (κ1) is 17.8. The molecule has 1 N–H and O–H groups in total. The Hall–Kier alpha value is -3.29. The first-order valence-corrected chi connectivity index (χ1v) is 10.00. The van der Waals surface area contributed by atoms with E-state index in [-0.39, 0.29) is 12.7 Å². The monoisotopic (exact) mass is 393 g/mol. The van der Waals surface area contributed by atoms with Crippen LogP contribution in [0.5, 0.6) is 11.5 Å². The third kappa shape index (κ3) is 3.70. The van der Waals surface area contributed by atoms with Gasteiger partial charge in [-0.05, 0) is 48.9 Å². The summed E-state index contributed by atoms with van der Waals surface area (Å²) >= 11 is 0. The molecular weight excluding hydrogens is 370 g/mol. The predicted molar refractivity (Wildman–Crippen MR) is 106 cm³/mol. The maximum Gasteiger partial charge on any atom is 0.231 e. The van der Waals surface area contributed by atoms with Crippen LogP contribution in [0.2, 0.25) is 0 Å². The van der Waals surface area contributed by atoms with E-state index in [4.69, 9.17) is 9.47 Å². The third-order valence-electron chi connectivity index (χ3n) is 5.45. The molecule has 8 heteroatoms. The molecule has 3 aromatic rings. The number of amides is 1. The van der Waals surface area contributed by atoms with Crippen LogP contribution in [-0.2, 0) is 30.7 Å². The highest BCUT2D eigenvalue weighted by Crippen LogP contribution is 2.32. The second-order valence-corrected chi connectivity index (χ2v) is 7.41.